The lowest BCUT2D eigenvalue weighted by Gasteiger charge is -2.25. The van der Waals surface area contributed by atoms with Crippen molar-refractivity contribution in [1.29, 1.82) is 0 Å². The zero-order chi connectivity index (χ0) is 14.5. The lowest BCUT2D eigenvalue weighted by atomic mass is 9.83. The summed E-state index contributed by atoms with van der Waals surface area (Å²) < 4.78 is 0. The van der Waals surface area contributed by atoms with Gasteiger partial charge >= 0.3 is 0 Å². The number of nitrogens with one attached hydrogen (secondary N) is 1. The number of benzene rings is 1. The monoisotopic (exact) mass is 262 g/mol. The van der Waals surface area contributed by atoms with Crippen molar-refractivity contribution in [2.75, 3.05) is 13.1 Å². The van der Waals surface area contributed by atoms with Gasteiger partial charge in [-0.25, -0.2) is 0 Å². The number of rotatable bonds is 6. The molecular weight excluding hydrogens is 236 g/mol. The van der Waals surface area contributed by atoms with Crippen LogP contribution in [0, 0.1) is 5.92 Å². The van der Waals surface area contributed by atoms with Crippen molar-refractivity contribution in [3.8, 4) is 0 Å². The Kier molecular flexibility index (Phi) is 5.55. The minimum Gasteiger partial charge on any atom is -0.355 e. The number of aryl methyl sites for hydroxylation is 1. The highest BCUT2D eigenvalue weighted by Crippen LogP contribution is 2.24. The van der Waals surface area contributed by atoms with Crippen LogP contribution < -0.4 is 11.1 Å². The van der Waals surface area contributed by atoms with Crippen LogP contribution in [0.25, 0.3) is 0 Å². The predicted molar refractivity (Wildman–Crippen MR) is 80.1 cm³/mol. The van der Waals surface area contributed by atoms with Crippen LogP contribution in [0.4, 0.5) is 0 Å². The van der Waals surface area contributed by atoms with Crippen LogP contribution in [0.1, 0.15) is 38.8 Å². The Morgan fingerprint density at radius 1 is 1.32 bits per heavy atom. The van der Waals surface area contributed by atoms with E-state index >= 15 is 0 Å². The first-order chi connectivity index (χ1) is 8.91. The highest BCUT2D eigenvalue weighted by Gasteiger charge is 2.29. The van der Waals surface area contributed by atoms with Crippen LogP contribution in [0.15, 0.2) is 24.3 Å². The summed E-state index contributed by atoms with van der Waals surface area (Å²) in [5.74, 6) is 0.360. The predicted octanol–water partition coefficient (Wildman–Crippen LogP) is 2.24. The standard InChI is InChI=1S/C16H26N2O/c1-5-13-6-8-14(9-7-13)16(3,4)15(19)18-11-12(2)10-17/h6-9,12H,5,10-11,17H2,1-4H3,(H,18,19). The number of carbonyl (C=O) groups is 1. The van der Waals surface area contributed by atoms with Crippen molar-refractivity contribution in [2.45, 2.75) is 39.5 Å². The van der Waals surface area contributed by atoms with Gasteiger partial charge < -0.3 is 11.1 Å². The molecule has 0 spiro atoms. The highest BCUT2D eigenvalue weighted by atomic mass is 16.2. The summed E-state index contributed by atoms with van der Waals surface area (Å²) in [5.41, 5.74) is 7.38. The van der Waals surface area contributed by atoms with Gasteiger partial charge in [0.2, 0.25) is 5.91 Å². The average Bonchev–Trinajstić information content (AvgIpc) is 2.44. The Labute approximate surface area is 116 Å². The molecule has 1 aromatic carbocycles. The number of hydrogen-bond donors (Lipinski definition) is 2. The van der Waals surface area contributed by atoms with Gasteiger partial charge in [0, 0.05) is 6.54 Å². The van der Waals surface area contributed by atoms with Gasteiger partial charge in [-0.15, -0.1) is 0 Å². The summed E-state index contributed by atoms with van der Waals surface area (Å²) in [7, 11) is 0. The minimum absolute atomic E-state index is 0.0528. The molecular formula is C16H26N2O. The molecule has 1 amide bonds. The van der Waals surface area contributed by atoms with Gasteiger partial charge in [0.1, 0.15) is 0 Å². The number of amides is 1. The quantitative estimate of drug-likeness (QED) is 0.826. The molecule has 0 heterocycles. The fourth-order valence-corrected chi connectivity index (χ4v) is 1.86. The third-order valence-corrected chi connectivity index (χ3v) is 3.66. The molecule has 1 atom stereocenters. The number of hydrogen-bond acceptors (Lipinski definition) is 2. The Morgan fingerprint density at radius 3 is 2.37 bits per heavy atom. The number of nitrogens with two attached hydrogens (primary N) is 1. The van der Waals surface area contributed by atoms with Gasteiger partial charge in [-0.3, -0.25) is 4.79 Å². The number of carbonyl (C=O) groups excluding carboxylic acids is 1. The molecule has 0 fully saturated rings. The molecule has 0 aliphatic rings. The van der Waals surface area contributed by atoms with Crippen molar-refractivity contribution >= 4 is 5.91 Å². The lowest BCUT2D eigenvalue weighted by molar-refractivity contribution is -0.125. The molecule has 3 nitrogen and oxygen atoms in total. The van der Waals surface area contributed by atoms with Crippen LogP contribution in [0.5, 0.6) is 0 Å². The third kappa shape index (κ3) is 4.06. The van der Waals surface area contributed by atoms with Crippen molar-refractivity contribution in [3.63, 3.8) is 0 Å². The van der Waals surface area contributed by atoms with E-state index in [-0.39, 0.29) is 5.91 Å². The summed E-state index contributed by atoms with van der Waals surface area (Å²) in [4.78, 5) is 12.3. The van der Waals surface area contributed by atoms with Gasteiger partial charge in [-0.2, -0.15) is 0 Å². The molecule has 3 heteroatoms. The van der Waals surface area contributed by atoms with E-state index in [2.05, 4.69) is 24.4 Å². The summed E-state index contributed by atoms with van der Waals surface area (Å²) in [6, 6.07) is 8.27. The topological polar surface area (TPSA) is 55.1 Å². The van der Waals surface area contributed by atoms with E-state index in [0.717, 1.165) is 12.0 Å². The second kappa shape index (κ2) is 6.71. The van der Waals surface area contributed by atoms with Crippen molar-refractivity contribution in [2.24, 2.45) is 11.7 Å². The van der Waals surface area contributed by atoms with E-state index < -0.39 is 5.41 Å². The summed E-state index contributed by atoms with van der Waals surface area (Å²) in [6.45, 7) is 9.29. The maximum atomic E-state index is 12.3. The van der Waals surface area contributed by atoms with E-state index in [4.69, 9.17) is 5.73 Å². The Balaban J connectivity index is 2.74. The first kappa shape index (κ1) is 15.7. The Hall–Kier alpha value is -1.35. The van der Waals surface area contributed by atoms with Crippen molar-refractivity contribution < 1.29 is 4.79 Å². The molecule has 106 valence electrons. The van der Waals surface area contributed by atoms with Crippen LogP contribution in [-0.4, -0.2) is 19.0 Å². The molecule has 0 aliphatic heterocycles. The average molecular weight is 262 g/mol. The van der Waals surface area contributed by atoms with Gasteiger partial charge in [-0.05, 0) is 43.9 Å². The van der Waals surface area contributed by atoms with Crippen LogP contribution in [-0.2, 0) is 16.6 Å². The van der Waals surface area contributed by atoms with E-state index in [1.165, 1.54) is 5.56 Å². The first-order valence-corrected chi connectivity index (χ1v) is 6.99. The van der Waals surface area contributed by atoms with Crippen molar-refractivity contribution in [1.82, 2.24) is 5.32 Å². The molecule has 0 saturated heterocycles. The molecule has 0 aromatic heterocycles. The molecule has 19 heavy (non-hydrogen) atoms. The Bertz CT molecular complexity index is 409. The van der Waals surface area contributed by atoms with Crippen LogP contribution in [0.3, 0.4) is 0 Å². The first-order valence-electron chi connectivity index (χ1n) is 6.99. The molecule has 0 radical (unpaired) electrons. The van der Waals surface area contributed by atoms with Gasteiger partial charge in [0.15, 0.2) is 0 Å². The summed E-state index contributed by atoms with van der Waals surface area (Å²) in [6.07, 6.45) is 1.01. The van der Waals surface area contributed by atoms with E-state index in [1.54, 1.807) is 0 Å². The van der Waals surface area contributed by atoms with Crippen LogP contribution >= 0.6 is 0 Å². The maximum Gasteiger partial charge on any atom is 0.230 e. The summed E-state index contributed by atoms with van der Waals surface area (Å²) in [5, 5.41) is 2.98. The van der Waals surface area contributed by atoms with Gasteiger partial charge in [0.25, 0.3) is 0 Å². The molecule has 0 saturated carbocycles. The molecule has 1 aromatic rings. The highest BCUT2D eigenvalue weighted by molar-refractivity contribution is 5.87. The van der Waals surface area contributed by atoms with Crippen LogP contribution in [0.2, 0.25) is 0 Å². The Morgan fingerprint density at radius 2 is 1.89 bits per heavy atom. The van der Waals surface area contributed by atoms with E-state index in [0.29, 0.717) is 19.0 Å². The van der Waals surface area contributed by atoms with Gasteiger partial charge in [-0.1, -0.05) is 38.1 Å². The second-order valence-electron chi connectivity index (χ2n) is 5.73. The third-order valence-electron chi connectivity index (χ3n) is 3.66. The molecule has 0 aliphatic carbocycles. The minimum atomic E-state index is -0.513. The smallest absolute Gasteiger partial charge is 0.230 e. The van der Waals surface area contributed by atoms with Crippen molar-refractivity contribution in [3.05, 3.63) is 35.4 Å². The second-order valence-corrected chi connectivity index (χ2v) is 5.73. The van der Waals surface area contributed by atoms with Gasteiger partial charge in [0.05, 0.1) is 5.41 Å². The fourth-order valence-electron chi connectivity index (χ4n) is 1.86. The summed E-state index contributed by atoms with van der Waals surface area (Å²) >= 11 is 0. The molecule has 3 N–H and O–H groups in total. The normalized spacial score (nSPS) is 13.1. The zero-order valence-corrected chi connectivity index (χ0v) is 12.5. The van der Waals surface area contributed by atoms with E-state index in [9.17, 15) is 4.79 Å². The maximum absolute atomic E-state index is 12.3. The zero-order valence-electron chi connectivity index (χ0n) is 12.5. The lowest BCUT2D eigenvalue weighted by Crippen LogP contribution is -2.42. The molecule has 1 unspecified atom stereocenters. The fraction of sp³-hybridized carbons (Fsp3) is 0.562. The SMILES string of the molecule is CCc1ccc(C(C)(C)C(=O)NCC(C)CN)cc1. The van der Waals surface area contributed by atoms with E-state index in [1.807, 2.05) is 32.9 Å². The molecule has 0 bridgehead atoms. The molecule has 1 rings (SSSR count). The largest absolute Gasteiger partial charge is 0.355 e.